The summed E-state index contributed by atoms with van der Waals surface area (Å²) in [6.07, 6.45) is 0.853. The molecular formula is C23H33IN4O3. The molecule has 3 rings (SSSR count). The number of aliphatic imine (C=N–C) groups is 1. The number of morpholine rings is 1. The molecule has 0 aromatic heterocycles. The standard InChI is InChI=1S/C23H32N4O3.HI/c1-24-23(25-11-10-18-8-9-21(28-2)22(16-18)29-3)26-17-19-6-4-5-7-20(19)27-12-14-30-15-13-27;/h4-9,16H,10-15,17H2,1-3H3,(H2,24,25,26);1H. The Kier molecular flexibility index (Phi) is 10.7. The molecular weight excluding hydrogens is 507 g/mol. The van der Waals surface area contributed by atoms with E-state index in [9.17, 15) is 0 Å². The van der Waals surface area contributed by atoms with E-state index in [0.29, 0.717) is 6.54 Å². The van der Waals surface area contributed by atoms with Crippen molar-refractivity contribution in [3.05, 3.63) is 53.6 Å². The first-order chi connectivity index (χ1) is 14.7. The van der Waals surface area contributed by atoms with E-state index < -0.39 is 0 Å². The highest BCUT2D eigenvalue weighted by molar-refractivity contribution is 14.0. The normalized spacial score (nSPS) is 13.9. The highest BCUT2D eigenvalue weighted by atomic mass is 127. The number of ether oxygens (including phenoxy) is 3. The Labute approximate surface area is 202 Å². The van der Waals surface area contributed by atoms with Crippen LogP contribution in [-0.4, -0.2) is 60.1 Å². The van der Waals surface area contributed by atoms with Gasteiger partial charge in [-0.2, -0.15) is 0 Å². The summed E-state index contributed by atoms with van der Waals surface area (Å²) in [6, 6.07) is 14.5. The van der Waals surface area contributed by atoms with Crippen LogP contribution in [0.1, 0.15) is 11.1 Å². The molecule has 1 fully saturated rings. The Balaban J connectivity index is 0.00000341. The van der Waals surface area contributed by atoms with Crippen molar-refractivity contribution in [3.63, 3.8) is 0 Å². The third kappa shape index (κ3) is 7.17. The molecule has 2 N–H and O–H groups in total. The monoisotopic (exact) mass is 540 g/mol. The van der Waals surface area contributed by atoms with Gasteiger partial charge in [-0.15, -0.1) is 24.0 Å². The molecule has 8 heteroatoms. The quantitative estimate of drug-likeness (QED) is 0.305. The van der Waals surface area contributed by atoms with E-state index in [4.69, 9.17) is 14.2 Å². The molecule has 1 aliphatic heterocycles. The summed E-state index contributed by atoms with van der Waals surface area (Å²) in [5, 5.41) is 6.82. The predicted molar refractivity (Wildman–Crippen MR) is 136 cm³/mol. The predicted octanol–water partition coefficient (Wildman–Crippen LogP) is 3.07. The zero-order chi connectivity index (χ0) is 21.2. The molecule has 2 aromatic rings. The van der Waals surface area contributed by atoms with Gasteiger partial charge in [0, 0.05) is 38.9 Å². The van der Waals surface area contributed by atoms with Gasteiger partial charge in [-0.25, -0.2) is 0 Å². The van der Waals surface area contributed by atoms with Gasteiger partial charge in [-0.1, -0.05) is 24.3 Å². The molecule has 31 heavy (non-hydrogen) atoms. The van der Waals surface area contributed by atoms with Gasteiger partial charge in [0.25, 0.3) is 0 Å². The number of guanidine groups is 1. The molecule has 1 saturated heterocycles. The Bertz CT molecular complexity index is 841. The average molecular weight is 540 g/mol. The Morgan fingerprint density at radius 3 is 2.48 bits per heavy atom. The third-order valence-electron chi connectivity index (χ3n) is 5.17. The molecule has 0 spiro atoms. The van der Waals surface area contributed by atoms with Crippen LogP contribution in [0.2, 0.25) is 0 Å². The number of nitrogens with zero attached hydrogens (tertiary/aromatic N) is 2. The number of hydrogen-bond acceptors (Lipinski definition) is 5. The summed E-state index contributed by atoms with van der Waals surface area (Å²) in [5.74, 6) is 2.27. The number of para-hydroxylation sites is 1. The number of benzene rings is 2. The molecule has 0 amide bonds. The molecule has 0 radical (unpaired) electrons. The van der Waals surface area contributed by atoms with Crippen molar-refractivity contribution in [2.24, 2.45) is 4.99 Å². The summed E-state index contributed by atoms with van der Waals surface area (Å²) < 4.78 is 16.2. The first kappa shape index (κ1) is 25.1. The van der Waals surface area contributed by atoms with Gasteiger partial charge in [0.2, 0.25) is 0 Å². The zero-order valence-electron chi connectivity index (χ0n) is 18.5. The lowest BCUT2D eigenvalue weighted by molar-refractivity contribution is 0.122. The Hall–Kier alpha value is -2.20. The maximum absolute atomic E-state index is 5.48. The van der Waals surface area contributed by atoms with Crippen LogP contribution in [0.25, 0.3) is 0 Å². The minimum atomic E-state index is 0. The lowest BCUT2D eigenvalue weighted by atomic mass is 10.1. The van der Waals surface area contributed by atoms with Gasteiger partial charge in [-0.05, 0) is 35.7 Å². The van der Waals surface area contributed by atoms with Crippen LogP contribution >= 0.6 is 24.0 Å². The van der Waals surface area contributed by atoms with Crippen LogP contribution in [0.5, 0.6) is 11.5 Å². The summed E-state index contributed by atoms with van der Waals surface area (Å²) in [5.41, 5.74) is 3.68. The molecule has 1 aliphatic rings. The summed E-state index contributed by atoms with van der Waals surface area (Å²) >= 11 is 0. The lowest BCUT2D eigenvalue weighted by Crippen LogP contribution is -2.39. The van der Waals surface area contributed by atoms with Crippen LogP contribution in [0, 0.1) is 0 Å². The highest BCUT2D eigenvalue weighted by Gasteiger charge is 2.14. The minimum absolute atomic E-state index is 0. The van der Waals surface area contributed by atoms with Crippen molar-refractivity contribution in [2.45, 2.75) is 13.0 Å². The second-order valence-electron chi connectivity index (χ2n) is 7.02. The summed E-state index contributed by atoms with van der Waals surface area (Å²) in [7, 11) is 5.09. The highest BCUT2D eigenvalue weighted by Crippen LogP contribution is 2.27. The van der Waals surface area contributed by atoms with Crippen LogP contribution in [0.4, 0.5) is 5.69 Å². The molecule has 170 valence electrons. The van der Waals surface area contributed by atoms with Gasteiger partial charge < -0.3 is 29.7 Å². The molecule has 0 saturated carbocycles. The fraction of sp³-hybridized carbons (Fsp3) is 0.435. The largest absolute Gasteiger partial charge is 0.493 e. The summed E-state index contributed by atoms with van der Waals surface area (Å²) in [4.78, 5) is 6.74. The maximum atomic E-state index is 5.48. The van der Waals surface area contributed by atoms with E-state index in [1.165, 1.54) is 16.8 Å². The fourth-order valence-corrected chi connectivity index (χ4v) is 3.53. The Morgan fingerprint density at radius 1 is 1.03 bits per heavy atom. The van der Waals surface area contributed by atoms with Gasteiger partial charge in [0.15, 0.2) is 17.5 Å². The second kappa shape index (κ2) is 13.3. The van der Waals surface area contributed by atoms with Crippen molar-refractivity contribution in [1.82, 2.24) is 10.6 Å². The second-order valence-corrected chi connectivity index (χ2v) is 7.02. The smallest absolute Gasteiger partial charge is 0.191 e. The topological polar surface area (TPSA) is 67.4 Å². The first-order valence-electron chi connectivity index (χ1n) is 10.3. The molecule has 0 bridgehead atoms. The SMILES string of the molecule is CN=C(NCCc1ccc(OC)c(OC)c1)NCc1ccccc1N1CCOCC1.I. The molecule has 0 atom stereocenters. The number of halogens is 1. The number of methoxy groups -OCH3 is 2. The average Bonchev–Trinajstić information content (AvgIpc) is 2.81. The minimum Gasteiger partial charge on any atom is -0.493 e. The summed E-state index contributed by atoms with van der Waals surface area (Å²) in [6.45, 7) is 4.89. The van der Waals surface area contributed by atoms with E-state index in [2.05, 4.69) is 50.9 Å². The molecule has 7 nitrogen and oxygen atoms in total. The van der Waals surface area contributed by atoms with Crippen molar-refractivity contribution in [1.29, 1.82) is 0 Å². The van der Waals surface area contributed by atoms with Gasteiger partial charge >= 0.3 is 0 Å². The van der Waals surface area contributed by atoms with E-state index >= 15 is 0 Å². The fourth-order valence-electron chi connectivity index (χ4n) is 3.53. The maximum Gasteiger partial charge on any atom is 0.191 e. The third-order valence-corrected chi connectivity index (χ3v) is 5.17. The van der Waals surface area contributed by atoms with Crippen LogP contribution in [0.15, 0.2) is 47.5 Å². The zero-order valence-corrected chi connectivity index (χ0v) is 20.8. The van der Waals surface area contributed by atoms with Crippen LogP contribution < -0.4 is 25.0 Å². The van der Waals surface area contributed by atoms with Crippen molar-refractivity contribution in [3.8, 4) is 11.5 Å². The van der Waals surface area contributed by atoms with Crippen LogP contribution in [0.3, 0.4) is 0 Å². The number of anilines is 1. The lowest BCUT2D eigenvalue weighted by Gasteiger charge is -2.30. The number of nitrogens with one attached hydrogen (secondary N) is 2. The van der Waals surface area contributed by atoms with Gasteiger partial charge in [-0.3, -0.25) is 4.99 Å². The number of rotatable bonds is 8. The van der Waals surface area contributed by atoms with Gasteiger partial charge in [0.05, 0.1) is 27.4 Å². The number of hydrogen-bond donors (Lipinski definition) is 2. The molecule has 2 aromatic carbocycles. The molecule has 1 heterocycles. The molecule has 0 aliphatic carbocycles. The van der Waals surface area contributed by atoms with E-state index in [1.54, 1.807) is 21.3 Å². The Morgan fingerprint density at radius 2 is 1.77 bits per heavy atom. The van der Waals surface area contributed by atoms with Crippen molar-refractivity contribution >= 4 is 35.6 Å². The van der Waals surface area contributed by atoms with Gasteiger partial charge in [0.1, 0.15) is 0 Å². The van der Waals surface area contributed by atoms with Crippen LogP contribution in [-0.2, 0) is 17.7 Å². The van der Waals surface area contributed by atoms with E-state index in [0.717, 1.165) is 56.7 Å². The first-order valence-corrected chi connectivity index (χ1v) is 10.3. The van der Waals surface area contributed by atoms with Crippen molar-refractivity contribution in [2.75, 3.05) is 59.0 Å². The van der Waals surface area contributed by atoms with E-state index in [1.807, 2.05) is 12.1 Å². The molecule has 0 unspecified atom stereocenters. The van der Waals surface area contributed by atoms with E-state index in [-0.39, 0.29) is 24.0 Å². The van der Waals surface area contributed by atoms with Crippen molar-refractivity contribution < 1.29 is 14.2 Å².